The molecular weight excluding hydrogens is 269 g/mol. The van der Waals surface area contributed by atoms with E-state index in [1.807, 2.05) is 6.92 Å². The van der Waals surface area contributed by atoms with Crippen LogP contribution >= 0.6 is 0 Å². The van der Waals surface area contributed by atoms with Crippen LogP contribution in [0.25, 0.3) is 0 Å². The summed E-state index contributed by atoms with van der Waals surface area (Å²) in [4.78, 5) is 11.0. The highest BCUT2D eigenvalue weighted by Gasteiger charge is 2.25. The molecule has 1 fully saturated rings. The van der Waals surface area contributed by atoms with Crippen molar-refractivity contribution in [2.45, 2.75) is 84.1 Å². The molecule has 0 aromatic heterocycles. The fourth-order valence-corrected chi connectivity index (χ4v) is 3.56. The third kappa shape index (κ3) is 6.75. The summed E-state index contributed by atoms with van der Waals surface area (Å²) in [7, 11) is 0. The molecule has 4 heteroatoms. The fraction of sp³-hybridized carbons (Fsp3) is 1.00. The second kappa shape index (κ2) is 10.1. The lowest BCUT2D eigenvalue weighted by atomic mass is 9.78. The number of hydrogen-bond donors (Lipinski definition) is 0. The summed E-state index contributed by atoms with van der Waals surface area (Å²) in [6, 6.07) is -0.362. The molecule has 21 heavy (non-hydrogen) atoms. The van der Waals surface area contributed by atoms with Crippen molar-refractivity contribution in [2.24, 2.45) is 17.8 Å². The Morgan fingerprint density at radius 1 is 1.00 bits per heavy atom. The molecule has 1 rings (SSSR count). The van der Waals surface area contributed by atoms with E-state index in [1.54, 1.807) is 0 Å². The summed E-state index contributed by atoms with van der Waals surface area (Å²) in [5.41, 5.74) is 0. The van der Waals surface area contributed by atoms with Crippen molar-refractivity contribution in [3.8, 4) is 0 Å². The summed E-state index contributed by atoms with van der Waals surface area (Å²) in [6.07, 6.45) is 10.3. The lowest BCUT2D eigenvalue weighted by molar-refractivity contribution is -0.524. The van der Waals surface area contributed by atoms with Crippen LogP contribution in [0.3, 0.4) is 0 Å². The maximum Gasteiger partial charge on any atom is 0.213 e. The highest BCUT2D eigenvalue weighted by molar-refractivity contribution is 4.73. The van der Waals surface area contributed by atoms with Gasteiger partial charge >= 0.3 is 0 Å². The number of nitro groups is 1. The van der Waals surface area contributed by atoms with Crippen LogP contribution in [0.1, 0.15) is 78.1 Å². The minimum absolute atomic E-state index is 0.0889. The van der Waals surface area contributed by atoms with Gasteiger partial charge in [-0.2, -0.15) is 0 Å². The molecule has 4 atom stereocenters. The number of alkyl halides is 1. The first-order valence-corrected chi connectivity index (χ1v) is 8.75. The molecule has 1 aliphatic carbocycles. The van der Waals surface area contributed by atoms with E-state index in [2.05, 4.69) is 6.92 Å². The van der Waals surface area contributed by atoms with E-state index in [0.29, 0.717) is 18.3 Å². The Balaban J connectivity index is 2.58. The van der Waals surface area contributed by atoms with Crippen LogP contribution in [0.15, 0.2) is 0 Å². The standard InChI is InChI=1S/C17H32FNO2/c1-14(13-18)15(2)16-9-6-4-3-5-7-11-17(19(20)21)12-8-10-16/h14-17H,3-13H2,1-2H3. The van der Waals surface area contributed by atoms with Gasteiger partial charge in [0.15, 0.2) is 0 Å². The maximum absolute atomic E-state index is 12.9. The van der Waals surface area contributed by atoms with Gasteiger partial charge in [-0.1, -0.05) is 46.0 Å². The highest BCUT2D eigenvalue weighted by atomic mass is 19.1. The lowest BCUT2D eigenvalue weighted by Gasteiger charge is -2.28. The molecule has 1 aliphatic rings. The second-order valence-electron chi connectivity index (χ2n) is 6.97. The first-order valence-electron chi connectivity index (χ1n) is 8.75. The van der Waals surface area contributed by atoms with E-state index in [9.17, 15) is 14.5 Å². The van der Waals surface area contributed by atoms with Crippen molar-refractivity contribution in [2.75, 3.05) is 6.67 Å². The first-order chi connectivity index (χ1) is 10.1. The zero-order valence-corrected chi connectivity index (χ0v) is 13.7. The summed E-state index contributed by atoms with van der Waals surface area (Å²) in [6.45, 7) is 3.89. The van der Waals surface area contributed by atoms with Gasteiger partial charge in [0, 0.05) is 17.8 Å². The van der Waals surface area contributed by atoms with E-state index in [-0.39, 0.29) is 23.6 Å². The highest BCUT2D eigenvalue weighted by Crippen LogP contribution is 2.31. The zero-order valence-electron chi connectivity index (χ0n) is 13.7. The molecule has 1 saturated carbocycles. The van der Waals surface area contributed by atoms with Crippen LogP contribution in [0.4, 0.5) is 4.39 Å². The van der Waals surface area contributed by atoms with Crippen molar-refractivity contribution in [1.82, 2.24) is 0 Å². The van der Waals surface area contributed by atoms with Gasteiger partial charge in [-0.15, -0.1) is 0 Å². The topological polar surface area (TPSA) is 43.1 Å². The minimum Gasteiger partial charge on any atom is -0.264 e. The van der Waals surface area contributed by atoms with Gasteiger partial charge in [0.1, 0.15) is 0 Å². The molecular formula is C17H32FNO2. The molecule has 0 spiro atoms. The Morgan fingerprint density at radius 3 is 2.14 bits per heavy atom. The van der Waals surface area contributed by atoms with E-state index in [0.717, 1.165) is 38.5 Å². The Kier molecular flexibility index (Phi) is 8.86. The lowest BCUT2D eigenvalue weighted by Crippen LogP contribution is -2.23. The molecule has 124 valence electrons. The van der Waals surface area contributed by atoms with Gasteiger partial charge in [0.2, 0.25) is 6.04 Å². The van der Waals surface area contributed by atoms with Crippen LogP contribution in [0.2, 0.25) is 0 Å². The molecule has 0 aromatic rings. The van der Waals surface area contributed by atoms with Crippen molar-refractivity contribution in [3.05, 3.63) is 10.1 Å². The van der Waals surface area contributed by atoms with Gasteiger partial charge in [0.05, 0.1) is 6.67 Å². The Hall–Kier alpha value is -0.670. The second-order valence-corrected chi connectivity index (χ2v) is 6.97. The third-order valence-corrected chi connectivity index (χ3v) is 5.41. The smallest absolute Gasteiger partial charge is 0.213 e. The van der Waals surface area contributed by atoms with E-state index in [1.165, 1.54) is 19.3 Å². The van der Waals surface area contributed by atoms with Gasteiger partial charge < -0.3 is 0 Å². The maximum atomic E-state index is 12.9. The molecule has 0 radical (unpaired) electrons. The van der Waals surface area contributed by atoms with Gasteiger partial charge in [-0.05, 0) is 37.0 Å². The Labute approximate surface area is 128 Å². The normalized spacial score (nSPS) is 28.9. The molecule has 4 unspecified atom stereocenters. The summed E-state index contributed by atoms with van der Waals surface area (Å²) < 4.78 is 12.9. The average Bonchev–Trinajstić information content (AvgIpc) is 2.46. The molecule has 0 bridgehead atoms. The summed E-state index contributed by atoms with van der Waals surface area (Å²) in [5, 5.41) is 11.1. The van der Waals surface area contributed by atoms with E-state index in [4.69, 9.17) is 0 Å². The van der Waals surface area contributed by atoms with Crippen molar-refractivity contribution >= 4 is 0 Å². The molecule has 0 heterocycles. The predicted molar refractivity (Wildman–Crippen MR) is 84.7 cm³/mol. The monoisotopic (exact) mass is 301 g/mol. The van der Waals surface area contributed by atoms with Crippen molar-refractivity contribution < 1.29 is 9.31 Å². The minimum atomic E-state index is -0.362. The van der Waals surface area contributed by atoms with Crippen LogP contribution in [-0.2, 0) is 0 Å². The van der Waals surface area contributed by atoms with Crippen molar-refractivity contribution in [3.63, 3.8) is 0 Å². The molecule has 0 amide bonds. The van der Waals surface area contributed by atoms with Crippen molar-refractivity contribution in [1.29, 1.82) is 0 Å². The molecule has 0 aromatic carbocycles. The predicted octanol–water partition coefficient (Wildman–Crippen LogP) is 5.40. The van der Waals surface area contributed by atoms with Gasteiger partial charge in [-0.3, -0.25) is 14.5 Å². The Bertz CT molecular complexity index is 299. The zero-order chi connectivity index (χ0) is 15.7. The van der Waals surface area contributed by atoms with Gasteiger partial charge in [-0.25, -0.2) is 0 Å². The largest absolute Gasteiger partial charge is 0.264 e. The SMILES string of the molecule is CC(CF)C(C)C1CCCCCCCC([N+](=O)[O-])CCC1. The number of nitrogens with zero attached hydrogens (tertiary/aromatic N) is 1. The average molecular weight is 301 g/mol. The molecule has 0 saturated heterocycles. The number of halogens is 1. The molecule has 0 aliphatic heterocycles. The van der Waals surface area contributed by atoms with Crippen LogP contribution in [0.5, 0.6) is 0 Å². The Morgan fingerprint density at radius 2 is 1.52 bits per heavy atom. The number of hydrogen-bond acceptors (Lipinski definition) is 2. The third-order valence-electron chi connectivity index (χ3n) is 5.41. The van der Waals surface area contributed by atoms with Crippen LogP contribution < -0.4 is 0 Å². The van der Waals surface area contributed by atoms with Crippen LogP contribution in [0, 0.1) is 27.9 Å². The summed E-state index contributed by atoms with van der Waals surface area (Å²) in [5.74, 6) is 1.02. The quantitative estimate of drug-likeness (QED) is 0.515. The summed E-state index contributed by atoms with van der Waals surface area (Å²) >= 11 is 0. The number of rotatable bonds is 4. The molecule has 3 nitrogen and oxygen atoms in total. The molecule has 0 N–H and O–H groups in total. The van der Waals surface area contributed by atoms with E-state index < -0.39 is 0 Å². The van der Waals surface area contributed by atoms with Crippen LogP contribution in [-0.4, -0.2) is 17.6 Å². The van der Waals surface area contributed by atoms with Gasteiger partial charge in [0.25, 0.3) is 0 Å². The first kappa shape index (κ1) is 18.4. The van der Waals surface area contributed by atoms with E-state index >= 15 is 0 Å². The fourth-order valence-electron chi connectivity index (χ4n) is 3.56.